The number of nitrogens with zero attached hydrogens (tertiary/aromatic N) is 1. The van der Waals surface area contributed by atoms with Crippen LogP contribution in [0.15, 0.2) is 77.4 Å². The molecule has 0 amide bonds. The van der Waals surface area contributed by atoms with E-state index < -0.39 is 5.97 Å². The summed E-state index contributed by atoms with van der Waals surface area (Å²) >= 11 is 12.7. The average Bonchev–Trinajstić information content (AvgIpc) is 3.14. The first-order valence-corrected chi connectivity index (χ1v) is 10.6. The molecule has 3 aromatic rings. The normalized spacial score (nSPS) is 14.3. The molecule has 1 aliphatic heterocycles. The Balaban J connectivity index is 1.44. The molecule has 1 aliphatic rings. The molecule has 5 nitrogen and oxygen atoms in total. The first-order chi connectivity index (χ1) is 15.5. The smallest absolute Gasteiger partial charge is 0.363 e. The van der Waals surface area contributed by atoms with Crippen LogP contribution < -0.4 is 9.47 Å². The van der Waals surface area contributed by atoms with Crippen LogP contribution in [0.1, 0.15) is 16.7 Å². The Morgan fingerprint density at radius 1 is 0.938 bits per heavy atom. The highest BCUT2D eigenvalue weighted by Crippen LogP contribution is 2.35. The van der Waals surface area contributed by atoms with Gasteiger partial charge in [-0.25, -0.2) is 9.79 Å². The van der Waals surface area contributed by atoms with Gasteiger partial charge < -0.3 is 14.2 Å². The standard InChI is InChI=1S/C25H19Cl2NO4/c1-16-7-5-6-10-22(16)30-11-12-31-23-19(26)13-17(14-20(23)27)15-21-25(29)32-24(28-21)18-8-3-2-4-9-18/h2-10,13-15H,11-12H2,1H3. The molecular formula is C25H19Cl2NO4. The van der Waals surface area contributed by atoms with Gasteiger partial charge in [-0.05, 0) is 54.5 Å². The number of rotatable bonds is 7. The Bertz CT molecular complexity index is 1180. The number of hydrogen-bond acceptors (Lipinski definition) is 5. The summed E-state index contributed by atoms with van der Waals surface area (Å²) in [5.41, 5.74) is 2.53. The Kier molecular flexibility index (Phi) is 6.78. The second kappa shape index (κ2) is 9.90. The van der Waals surface area contributed by atoms with Crippen molar-refractivity contribution in [3.8, 4) is 11.5 Å². The molecule has 0 N–H and O–H groups in total. The van der Waals surface area contributed by atoms with Crippen LogP contribution in [0.5, 0.6) is 11.5 Å². The molecule has 0 bridgehead atoms. The predicted octanol–water partition coefficient (Wildman–Crippen LogP) is 6.10. The van der Waals surface area contributed by atoms with E-state index >= 15 is 0 Å². The lowest BCUT2D eigenvalue weighted by Gasteiger charge is -2.12. The van der Waals surface area contributed by atoms with E-state index in [4.69, 9.17) is 37.4 Å². The molecule has 3 aromatic carbocycles. The minimum absolute atomic E-state index is 0.163. The van der Waals surface area contributed by atoms with E-state index in [0.29, 0.717) is 28.0 Å². The summed E-state index contributed by atoms with van der Waals surface area (Å²) in [6.45, 7) is 2.58. The molecule has 0 atom stereocenters. The molecular weight excluding hydrogens is 449 g/mol. The van der Waals surface area contributed by atoms with Gasteiger partial charge in [0.1, 0.15) is 19.0 Å². The lowest BCUT2D eigenvalue weighted by atomic mass is 10.2. The van der Waals surface area contributed by atoms with Gasteiger partial charge in [-0.2, -0.15) is 0 Å². The van der Waals surface area contributed by atoms with E-state index in [1.807, 2.05) is 61.5 Å². The highest BCUT2D eigenvalue weighted by atomic mass is 35.5. The van der Waals surface area contributed by atoms with Gasteiger partial charge >= 0.3 is 5.97 Å². The third-order valence-corrected chi connectivity index (χ3v) is 5.21. The number of carbonyl (C=O) groups excluding carboxylic acids is 1. The van der Waals surface area contributed by atoms with Gasteiger partial charge in [0.25, 0.3) is 0 Å². The minimum atomic E-state index is -0.537. The fourth-order valence-electron chi connectivity index (χ4n) is 3.09. The van der Waals surface area contributed by atoms with Crippen LogP contribution in [0.3, 0.4) is 0 Å². The molecule has 7 heteroatoms. The van der Waals surface area contributed by atoms with Crippen molar-refractivity contribution in [3.63, 3.8) is 0 Å². The summed E-state index contributed by atoms with van der Waals surface area (Å²) in [5, 5.41) is 0.637. The summed E-state index contributed by atoms with van der Waals surface area (Å²) < 4.78 is 16.7. The maximum Gasteiger partial charge on any atom is 0.363 e. The third-order valence-electron chi connectivity index (χ3n) is 4.65. The van der Waals surface area contributed by atoms with Gasteiger partial charge in [0.05, 0.1) is 10.0 Å². The zero-order chi connectivity index (χ0) is 22.5. The summed E-state index contributed by atoms with van der Waals surface area (Å²) in [6, 6.07) is 20.3. The van der Waals surface area contributed by atoms with Crippen molar-refractivity contribution >= 4 is 41.1 Å². The van der Waals surface area contributed by atoms with Crippen LogP contribution in [0.4, 0.5) is 0 Å². The van der Waals surface area contributed by atoms with Crippen LogP contribution in [0, 0.1) is 6.92 Å². The highest BCUT2D eigenvalue weighted by Gasteiger charge is 2.24. The van der Waals surface area contributed by atoms with Crippen molar-refractivity contribution in [1.29, 1.82) is 0 Å². The monoisotopic (exact) mass is 467 g/mol. The van der Waals surface area contributed by atoms with E-state index in [0.717, 1.165) is 16.9 Å². The minimum Gasteiger partial charge on any atom is -0.490 e. The first-order valence-electron chi connectivity index (χ1n) is 9.89. The number of hydrogen-bond donors (Lipinski definition) is 0. The highest BCUT2D eigenvalue weighted by molar-refractivity contribution is 6.37. The molecule has 0 unspecified atom stereocenters. The molecule has 0 saturated carbocycles. The Hall–Kier alpha value is -3.28. The van der Waals surface area contributed by atoms with E-state index in [-0.39, 0.29) is 18.2 Å². The van der Waals surface area contributed by atoms with Crippen molar-refractivity contribution in [2.24, 2.45) is 4.99 Å². The zero-order valence-corrected chi connectivity index (χ0v) is 18.7. The lowest BCUT2D eigenvalue weighted by Crippen LogP contribution is -2.10. The van der Waals surface area contributed by atoms with E-state index in [9.17, 15) is 4.79 Å². The van der Waals surface area contributed by atoms with Crippen LogP contribution in [-0.2, 0) is 9.53 Å². The van der Waals surface area contributed by atoms with Crippen LogP contribution in [0.2, 0.25) is 10.0 Å². The third kappa shape index (κ3) is 5.13. The second-order valence-corrected chi connectivity index (χ2v) is 7.79. The molecule has 32 heavy (non-hydrogen) atoms. The second-order valence-electron chi connectivity index (χ2n) is 6.98. The zero-order valence-electron chi connectivity index (χ0n) is 17.2. The molecule has 4 rings (SSSR count). The fraction of sp³-hybridized carbons (Fsp3) is 0.120. The number of esters is 1. The number of cyclic esters (lactones) is 1. The van der Waals surface area contributed by atoms with Gasteiger partial charge in [-0.3, -0.25) is 0 Å². The summed E-state index contributed by atoms with van der Waals surface area (Å²) in [4.78, 5) is 16.5. The molecule has 0 aromatic heterocycles. The molecule has 0 fully saturated rings. The van der Waals surface area contributed by atoms with Crippen molar-refractivity contribution in [1.82, 2.24) is 0 Å². The maximum atomic E-state index is 12.2. The topological polar surface area (TPSA) is 57.1 Å². The Morgan fingerprint density at radius 3 is 2.31 bits per heavy atom. The van der Waals surface area contributed by atoms with Gasteiger partial charge in [0.15, 0.2) is 11.4 Å². The van der Waals surface area contributed by atoms with Crippen molar-refractivity contribution in [2.75, 3.05) is 13.2 Å². The number of ether oxygens (including phenoxy) is 3. The van der Waals surface area contributed by atoms with Gasteiger partial charge in [0.2, 0.25) is 5.90 Å². The molecule has 0 spiro atoms. The van der Waals surface area contributed by atoms with Crippen molar-refractivity contribution in [3.05, 3.63) is 99.2 Å². The lowest BCUT2D eigenvalue weighted by molar-refractivity contribution is -0.129. The number of aliphatic imine (C=N–C) groups is 1. The van der Waals surface area contributed by atoms with E-state index in [1.165, 1.54) is 0 Å². The van der Waals surface area contributed by atoms with Gasteiger partial charge in [-0.1, -0.05) is 59.6 Å². The number of aryl methyl sites for hydroxylation is 1. The fourth-order valence-corrected chi connectivity index (χ4v) is 3.70. The molecule has 0 radical (unpaired) electrons. The number of para-hydroxylation sites is 1. The van der Waals surface area contributed by atoms with Crippen LogP contribution >= 0.6 is 23.2 Å². The van der Waals surface area contributed by atoms with Crippen LogP contribution in [0.25, 0.3) is 6.08 Å². The largest absolute Gasteiger partial charge is 0.490 e. The van der Waals surface area contributed by atoms with Crippen molar-refractivity contribution < 1.29 is 19.0 Å². The SMILES string of the molecule is Cc1ccccc1OCCOc1c(Cl)cc(C=C2N=C(c3ccccc3)OC2=O)cc1Cl. The predicted molar refractivity (Wildman–Crippen MR) is 126 cm³/mol. The first kappa shape index (κ1) is 21.9. The molecule has 1 heterocycles. The molecule has 0 saturated heterocycles. The molecule has 0 aliphatic carbocycles. The summed E-state index contributed by atoms with van der Waals surface area (Å²) in [7, 11) is 0. The molecule has 162 valence electrons. The summed E-state index contributed by atoms with van der Waals surface area (Å²) in [6.07, 6.45) is 1.57. The number of benzene rings is 3. The quantitative estimate of drug-likeness (QED) is 0.239. The Morgan fingerprint density at radius 2 is 1.59 bits per heavy atom. The number of halogens is 2. The van der Waals surface area contributed by atoms with Gasteiger partial charge in [-0.15, -0.1) is 0 Å². The maximum absolute atomic E-state index is 12.2. The van der Waals surface area contributed by atoms with Crippen molar-refractivity contribution in [2.45, 2.75) is 6.92 Å². The van der Waals surface area contributed by atoms with E-state index in [1.54, 1.807) is 18.2 Å². The van der Waals surface area contributed by atoms with Crippen LogP contribution in [-0.4, -0.2) is 25.1 Å². The van der Waals surface area contributed by atoms with Gasteiger partial charge in [0, 0.05) is 5.56 Å². The van der Waals surface area contributed by atoms with E-state index in [2.05, 4.69) is 4.99 Å². The Labute approximate surface area is 195 Å². The average molecular weight is 468 g/mol. The summed E-state index contributed by atoms with van der Waals surface area (Å²) in [5.74, 6) is 0.873. The number of carbonyl (C=O) groups is 1.